The summed E-state index contributed by atoms with van der Waals surface area (Å²) in [4.78, 5) is 9.70. The van der Waals surface area contributed by atoms with E-state index in [1.165, 1.54) is 44.5 Å². The lowest BCUT2D eigenvalue weighted by molar-refractivity contribution is 1.00. The van der Waals surface area contributed by atoms with Crippen molar-refractivity contribution in [1.29, 1.82) is 0 Å². The number of hydrogen-bond acceptors (Lipinski definition) is 2. The van der Waals surface area contributed by atoms with E-state index in [4.69, 9.17) is 9.97 Å². The summed E-state index contributed by atoms with van der Waals surface area (Å²) in [7, 11) is 0. The van der Waals surface area contributed by atoms with E-state index in [0.717, 1.165) is 56.2 Å². The summed E-state index contributed by atoms with van der Waals surface area (Å²) < 4.78 is 4.50. The van der Waals surface area contributed by atoms with Gasteiger partial charge in [0.15, 0.2) is 0 Å². The third-order valence-corrected chi connectivity index (χ3v) is 10.9. The Morgan fingerprint density at radius 1 is 0.304 bits per heavy atom. The molecular formula is C52H38N4. The van der Waals surface area contributed by atoms with Gasteiger partial charge in [0.05, 0.1) is 22.1 Å². The highest BCUT2D eigenvalue weighted by Crippen LogP contribution is 2.44. The van der Waals surface area contributed by atoms with Crippen molar-refractivity contribution in [3.8, 4) is 67.0 Å². The lowest BCUT2D eigenvalue weighted by Gasteiger charge is -2.19. The maximum atomic E-state index is 4.85. The third-order valence-electron chi connectivity index (χ3n) is 10.9. The van der Waals surface area contributed by atoms with Crippen LogP contribution in [0.2, 0.25) is 0 Å². The summed E-state index contributed by atoms with van der Waals surface area (Å²) in [6.07, 6.45) is 0. The molecule has 0 atom stereocenters. The highest BCUT2D eigenvalue weighted by molar-refractivity contribution is 5.98. The van der Waals surface area contributed by atoms with Gasteiger partial charge in [-0.05, 0) is 118 Å². The quantitative estimate of drug-likeness (QED) is 0.164. The molecule has 10 rings (SSSR count). The minimum absolute atomic E-state index is 0.968. The first kappa shape index (κ1) is 33.3. The fourth-order valence-corrected chi connectivity index (χ4v) is 8.41. The third kappa shape index (κ3) is 5.71. The van der Waals surface area contributed by atoms with Crippen LogP contribution in [0.1, 0.15) is 11.6 Å². The second kappa shape index (κ2) is 13.8. The molecule has 4 nitrogen and oxygen atoms in total. The summed E-state index contributed by atoms with van der Waals surface area (Å²) in [5.41, 5.74) is 18.2. The topological polar surface area (TPSA) is 35.6 Å². The molecule has 0 radical (unpaired) electrons. The lowest BCUT2D eigenvalue weighted by atomic mass is 9.85. The molecule has 4 heteroatoms. The van der Waals surface area contributed by atoms with E-state index in [-0.39, 0.29) is 0 Å². The molecule has 0 amide bonds. The Morgan fingerprint density at radius 2 is 0.607 bits per heavy atom. The van der Waals surface area contributed by atoms with Crippen molar-refractivity contribution in [3.63, 3.8) is 0 Å². The van der Waals surface area contributed by atoms with Crippen LogP contribution in [-0.2, 0) is 0 Å². The van der Waals surface area contributed by atoms with Crippen molar-refractivity contribution >= 4 is 22.1 Å². The fraction of sp³-hybridized carbons (Fsp3) is 0.0385. The molecule has 0 aliphatic carbocycles. The summed E-state index contributed by atoms with van der Waals surface area (Å²) in [5, 5.41) is 0. The van der Waals surface area contributed by atoms with Crippen LogP contribution in [0.15, 0.2) is 194 Å². The predicted octanol–water partition coefficient (Wildman–Crippen LogP) is 13.3. The molecule has 0 saturated heterocycles. The van der Waals surface area contributed by atoms with Crippen LogP contribution in [0.3, 0.4) is 0 Å². The number of fused-ring (bicyclic) bond motifs is 2. The zero-order valence-electron chi connectivity index (χ0n) is 31.3. The Hall–Kier alpha value is -7.30. The monoisotopic (exact) mass is 718 g/mol. The summed E-state index contributed by atoms with van der Waals surface area (Å²) in [5.74, 6) is 1.94. The van der Waals surface area contributed by atoms with Crippen molar-refractivity contribution in [2.75, 3.05) is 0 Å². The van der Waals surface area contributed by atoms with E-state index in [1.54, 1.807) is 0 Å². The number of benzene rings is 8. The van der Waals surface area contributed by atoms with E-state index in [2.05, 4.69) is 205 Å². The first-order valence-electron chi connectivity index (χ1n) is 19.1. The molecule has 0 spiro atoms. The van der Waals surface area contributed by atoms with E-state index in [1.807, 2.05) is 12.1 Å². The van der Waals surface area contributed by atoms with Gasteiger partial charge in [-0.1, -0.05) is 146 Å². The van der Waals surface area contributed by atoms with Crippen molar-refractivity contribution in [2.24, 2.45) is 0 Å². The largest absolute Gasteiger partial charge is 0.297 e. The SMILES string of the molecule is Cc1nc2ccccc2n1-c1cccc(-c2ccccc2-c2ccccc2-c2ccccc2-c2ccccc2-c2cccc(-n3c(C)nc4ccccc43)c2)c1. The average molecular weight is 719 g/mol. The van der Waals surface area contributed by atoms with E-state index < -0.39 is 0 Å². The normalized spacial score (nSPS) is 11.4. The van der Waals surface area contributed by atoms with Crippen molar-refractivity contribution in [3.05, 3.63) is 206 Å². The average Bonchev–Trinajstić information content (AvgIpc) is 3.78. The zero-order chi connectivity index (χ0) is 37.6. The molecular weight excluding hydrogens is 681 g/mol. The standard InChI is InChI=1S/C52H38N4/c1-35-53-49-29-11-13-31-51(49)55(35)39-19-15-17-37(33-39)41-21-3-5-23-43(41)45-25-7-9-27-47(45)48-28-10-8-26-46(48)44-24-6-4-22-42(44)38-18-16-20-40(34-38)56-36(2)54-50-30-12-14-32-52(50)56/h3-34H,1-2H3. The highest BCUT2D eigenvalue weighted by atomic mass is 15.1. The number of aryl methyl sites for hydroxylation is 2. The molecule has 0 bridgehead atoms. The minimum Gasteiger partial charge on any atom is -0.297 e. The van der Waals surface area contributed by atoms with Gasteiger partial charge in [-0.15, -0.1) is 0 Å². The molecule has 8 aromatic carbocycles. The van der Waals surface area contributed by atoms with Gasteiger partial charge in [0, 0.05) is 11.4 Å². The van der Waals surface area contributed by atoms with Gasteiger partial charge in [-0.3, -0.25) is 9.13 Å². The fourth-order valence-electron chi connectivity index (χ4n) is 8.41. The molecule has 0 saturated carbocycles. The van der Waals surface area contributed by atoms with Gasteiger partial charge in [-0.25, -0.2) is 9.97 Å². The molecule has 0 N–H and O–H groups in total. The Labute approximate surface area is 326 Å². The van der Waals surface area contributed by atoms with Gasteiger partial charge in [0.2, 0.25) is 0 Å². The van der Waals surface area contributed by atoms with Crippen LogP contribution >= 0.6 is 0 Å². The first-order valence-corrected chi connectivity index (χ1v) is 19.1. The predicted molar refractivity (Wildman–Crippen MR) is 232 cm³/mol. The molecule has 10 aromatic rings. The summed E-state index contributed by atoms with van der Waals surface area (Å²) >= 11 is 0. The van der Waals surface area contributed by atoms with Gasteiger partial charge >= 0.3 is 0 Å². The van der Waals surface area contributed by atoms with Crippen molar-refractivity contribution < 1.29 is 0 Å². The summed E-state index contributed by atoms with van der Waals surface area (Å²) in [6, 6.07) is 69.5. The van der Waals surface area contributed by atoms with Gasteiger partial charge in [0.25, 0.3) is 0 Å². The van der Waals surface area contributed by atoms with E-state index >= 15 is 0 Å². The molecule has 2 heterocycles. The van der Waals surface area contributed by atoms with Crippen LogP contribution in [0.5, 0.6) is 0 Å². The number of hydrogen-bond donors (Lipinski definition) is 0. The zero-order valence-corrected chi connectivity index (χ0v) is 31.3. The number of imidazole rings is 2. The van der Waals surface area contributed by atoms with Gasteiger partial charge in [0.1, 0.15) is 11.6 Å². The van der Waals surface area contributed by atoms with Crippen molar-refractivity contribution in [1.82, 2.24) is 19.1 Å². The number of nitrogens with zero attached hydrogens (tertiary/aromatic N) is 4. The smallest absolute Gasteiger partial charge is 0.111 e. The van der Waals surface area contributed by atoms with E-state index in [0.29, 0.717) is 0 Å². The molecule has 266 valence electrons. The van der Waals surface area contributed by atoms with Crippen LogP contribution in [0, 0.1) is 13.8 Å². The molecule has 0 aliphatic rings. The molecule has 2 aromatic heterocycles. The number of para-hydroxylation sites is 4. The minimum atomic E-state index is 0.968. The highest BCUT2D eigenvalue weighted by Gasteiger charge is 2.18. The van der Waals surface area contributed by atoms with Crippen molar-refractivity contribution in [2.45, 2.75) is 13.8 Å². The number of aromatic nitrogens is 4. The summed E-state index contributed by atoms with van der Waals surface area (Å²) in [6.45, 7) is 4.15. The Kier molecular flexibility index (Phi) is 8.23. The maximum Gasteiger partial charge on any atom is 0.111 e. The van der Waals surface area contributed by atoms with Crippen LogP contribution < -0.4 is 0 Å². The van der Waals surface area contributed by atoms with Crippen LogP contribution in [0.25, 0.3) is 89.1 Å². The molecule has 0 unspecified atom stereocenters. The lowest BCUT2D eigenvalue weighted by Crippen LogP contribution is -1.98. The second-order valence-electron chi connectivity index (χ2n) is 14.2. The van der Waals surface area contributed by atoms with Gasteiger partial charge in [-0.2, -0.15) is 0 Å². The molecule has 0 fully saturated rings. The Balaban J connectivity index is 1.09. The molecule has 56 heavy (non-hydrogen) atoms. The van der Waals surface area contributed by atoms with Crippen LogP contribution in [0.4, 0.5) is 0 Å². The van der Waals surface area contributed by atoms with E-state index in [9.17, 15) is 0 Å². The Morgan fingerprint density at radius 3 is 0.982 bits per heavy atom. The first-order chi connectivity index (χ1) is 27.6. The second-order valence-corrected chi connectivity index (χ2v) is 14.2. The van der Waals surface area contributed by atoms with Crippen LogP contribution in [-0.4, -0.2) is 19.1 Å². The molecule has 0 aliphatic heterocycles. The Bertz CT molecular complexity index is 2860. The van der Waals surface area contributed by atoms with Gasteiger partial charge < -0.3 is 0 Å². The number of rotatable bonds is 7. The maximum absolute atomic E-state index is 4.85.